The number of carboxylic acid groups (broad SMARTS) is 1. The Kier molecular flexibility index (Phi) is 15.1. The van der Waals surface area contributed by atoms with Crippen LogP contribution < -0.4 is 5.32 Å². The van der Waals surface area contributed by atoms with Gasteiger partial charge < -0.3 is 30.8 Å². The fourth-order valence-electron chi connectivity index (χ4n) is 2.75. The summed E-state index contributed by atoms with van der Waals surface area (Å²) in [5.74, 6) is -0.967. The van der Waals surface area contributed by atoms with Gasteiger partial charge in [0.2, 0.25) is 5.91 Å². The van der Waals surface area contributed by atoms with Gasteiger partial charge in [-0.1, -0.05) is 45.4 Å². The van der Waals surface area contributed by atoms with Crippen molar-refractivity contribution in [3.8, 4) is 0 Å². The molecule has 0 bridgehead atoms. The summed E-state index contributed by atoms with van der Waals surface area (Å²) in [6.07, 6.45) is 2.91. The lowest BCUT2D eigenvalue weighted by molar-refractivity contribution is -0.137. The fraction of sp³-hybridized carbons (Fsp3) is 0.895. The van der Waals surface area contributed by atoms with Crippen molar-refractivity contribution in [1.29, 1.82) is 0 Å². The van der Waals surface area contributed by atoms with Crippen LogP contribution in [-0.2, 0) is 9.59 Å². The molecule has 4 atom stereocenters. The normalized spacial score (nSPS) is 15.7. The number of hydrogen-bond donors (Lipinski definition) is 6. The monoisotopic (exact) mass is 391 g/mol. The van der Waals surface area contributed by atoms with E-state index in [-0.39, 0.29) is 25.3 Å². The molecule has 0 rings (SSSR count). The number of carbonyl (C=O) groups excluding carboxylic acids is 1. The minimum absolute atomic E-state index is 0.177. The maximum atomic E-state index is 11.7. The van der Waals surface area contributed by atoms with Gasteiger partial charge >= 0.3 is 5.97 Å². The summed E-state index contributed by atoms with van der Waals surface area (Å²) in [7, 11) is 0. The predicted octanol–water partition coefficient (Wildman–Crippen LogP) is 0.942. The average molecular weight is 392 g/mol. The van der Waals surface area contributed by atoms with Gasteiger partial charge in [-0.2, -0.15) is 0 Å². The molecule has 0 fully saturated rings. The van der Waals surface area contributed by atoms with Crippen LogP contribution in [0.15, 0.2) is 0 Å². The summed E-state index contributed by atoms with van der Waals surface area (Å²) in [5, 5.41) is 49.7. The van der Waals surface area contributed by atoms with Crippen LogP contribution in [0.5, 0.6) is 0 Å². The summed E-state index contributed by atoms with van der Waals surface area (Å²) in [4.78, 5) is 22.1. The third-order valence-electron chi connectivity index (χ3n) is 4.61. The Hall–Kier alpha value is -1.22. The molecule has 6 N–H and O–H groups in total. The number of aliphatic hydroxyl groups is 4. The molecule has 1 amide bonds. The highest BCUT2D eigenvalue weighted by Gasteiger charge is 2.29. The summed E-state index contributed by atoms with van der Waals surface area (Å²) in [6.45, 7) is 1.47. The van der Waals surface area contributed by atoms with E-state index in [9.17, 15) is 30.0 Å². The second-order valence-electron chi connectivity index (χ2n) is 7.05. The zero-order valence-corrected chi connectivity index (χ0v) is 16.3. The van der Waals surface area contributed by atoms with Crippen molar-refractivity contribution in [2.75, 3.05) is 6.54 Å². The van der Waals surface area contributed by atoms with Crippen LogP contribution in [0, 0.1) is 0 Å². The van der Waals surface area contributed by atoms with E-state index in [1.54, 1.807) is 6.92 Å². The lowest BCUT2D eigenvalue weighted by Gasteiger charge is -2.26. The topological polar surface area (TPSA) is 147 Å². The number of nitrogens with one attached hydrogen (secondary N) is 1. The molecule has 0 radical (unpaired) electrons. The molecule has 0 aromatic carbocycles. The highest BCUT2D eigenvalue weighted by atomic mass is 16.4. The molecule has 0 saturated heterocycles. The van der Waals surface area contributed by atoms with E-state index >= 15 is 0 Å². The van der Waals surface area contributed by atoms with Crippen molar-refractivity contribution in [2.45, 2.75) is 102 Å². The molecule has 0 spiro atoms. The zero-order valence-electron chi connectivity index (χ0n) is 16.3. The molecular weight excluding hydrogens is 354 g/mol. The second-order valence-corrected chi connectivity index (χ2v) is 7.05. The Labute approximate surface area is 161 Å². The molecular formula is C19H37NO7. The Balaban J connectivity index is 3.62. The van der Waals surface area contributed by atoms with Gasteiger partial charge in [-0.25, -0.2) is 0 Å². The minimum atomic E-state index is -1.52. The first kappa shape index (κ1) is 25.8. The van der Waals surface area contributed by atoms with Crippen molar-refractivity contribution in [3.05, 3.63) is 0 Å². The number of carboxylic acids is 1. The third-order valence-corrected chi connectivity index (χ3v) is 4.61. The van der Waals surface area contributed by atoms with E-state index in [0.717, 1.165) is 51.4 Å². The first-order valence-corrected chi connectivity index (χ1v) is 10.00. The standard InChI is InChI=1S/C19H37NO7/c1-2-14(21)18(26)19(27)15(22)13-20-16(23)11-9-7-5-3-4-6-8-10-12-17(24)25/h14-15,18-19,21-22,26-27H,2-13H2,1H3,(H,20,23)(H,24,25)/t14-,15+,18-,19-/m1/s1. The highest BCUT2D eigenvalue weighted by molar-refractivity contribution is 5.75. The zero-order chi connectivity index (χ0) is 20.7. The molecule has 160 valence electrons. The molecule has 27 heavy (non-hydrogen) atoms. The minimum Gasteiger partial charge on any atom is -0.481 e. The molecule has 0 unspecified atom stereocenters. The van der Waals surface area contributed by atoms with E-state index in [4.69, 9.17) is 5.11 Å². The molecule has 0 aliphatic rings. The highest BCUT2D eigenvalue weighted by Crippen LogP contribution is 2.11. The SMILES string of the molecule is CC[C@@H](O)[C@@H](O)[C@H](O)[C@@H](O)CNC(=O)CCCCCCCCCCC(=O)O. The van der Waals surface area contributed by atoms with Crippen LogP contribution in [0.3, 0.4) is 0 Å². The summed E-state index contributed by atoms with van der Waals surface area (Å²) in [5.41, 5.74) is 0. The van der Waals surface area contributed by atoms with Gasteiger partial charge in [0.05, 0.1) is 12.2 Å². The second kappa shape index (κ2) is 15.8. The van der Waals surface area contributed by atoms with Gasteiger partial charge in [-0.05, 0) is 19.3 Å². The smallest absolute Gasteiger partial charge is 0.303 e. The number of carbonyl (C=O) groups is 2. The first-order chi connectivity index (χ1) is 12.8. The van der Waals surface area contributed by atoms with Crippen molar-refractivity contribution < 1.29 is 35.1 Å². The van der Waals surface area contributed by atoms with Crippen molar-refractivity contribution in [1.82, 2.24) is 5.32 Å². The molecule has 0 aromatic heterocycles. The summed E-state index contributed by atoms with van der Waals surface area (Å²) >= 11 is 0. The fourth-order valence-corrected chi connectivity index (χ4v) is 2.75. The van der Waals surface area contributed by atoms with E-state index < -0.39 is 30.4 Å². The Morgan fingerprint density at radius 1 is 0.741 bits per heavy atom. The van der Waals surface area contributed by atoms with Crippen molar-refractivity contribution >= 4 is 11.9 Å². The Morgan fingerprint density at radius 2 is 1.19 bits per heavy atom. The number of aliphatic hydroxyl groups excluding tert-OH is 4. The molecule has 0 heterocycles. The first-order valence-electron chi connectivity index (χ1n) is 10.00. The van der Waals surface area contributed by atoms with Crippen molar-refractivity contribution in [3.63, 3.8) is 0 Å². The molecule has 0 saturated carbocycles. The van der Waals surface area contributed by atoms with Gasteiger partial charge in [-0.3, -0.25) is 9.59 Å². The molecule has 8 nitrogen and oxygen atoms in total. The molecule has 0 aliphatic carbocycles. The van der Waals surface area contributed by atoms with Crippen LogP contribution in [0.2, 0.25) is 0 Å². The quantitative estimate of drug-likeness (QED) is 0.202. The average Bonchev–Trinajstić information content (AvgIpc) is 2.65. The van der Waals surface area contributed by atoms with Crippen LogP contribution in [0.25, 0.3) is 0 Å². The van der Waals surface area contributed by atoms with Gasteiger partial charge in [0.25, 0.3) is 0 Å². The molecule has 0 aromatic rings. The predicted molar refractivity (Wildman–Crippen MR) is 101 cm³/mol. The van der Waals surface area contributed by atoms with Crippen molar-refractivity contribution in [2.24, 2.45) is 0 Å². The van der Waals surface area contributed by atoms with E-state index in [0.29, 0.717) is 6.42 Å². The maximum absolute atomic E-state index is 11.7. The van der Waals surface area contributed by atoms with E-state index in [2.05, 4.69) is 5.32 Å². The van der Waals surface area contributed by atoms with Gasteiger partial charge in [0.1, 0.15) is 12.2 Å². The number of rotatable bonds is 17. The summed E-state index contributed by atoms with van der Waals surface area (Å²) < 4.78 is 0. The van der Waals surface area contributed by atoms with E-state index in [1.165, 1.54) is 0 Å². The van der Waals surface area contributed by atoms with Crippen LogP contribution in [0.4, 0.5) is 0 Å². The van der Waals surface area contributed by atoms with E-state index in [1.807, 2.05) is 0 Å². The maximum Gasteiger partial charge on any atom is 0.303 e. The number of unbranched alkanes of at least 4 members (excludes halogenated alkanes) is 7. The lowest BCUT2D eigenvalue weighted by Crippen LogP contribution is -2.48. The Bertz CT molecular complexity index is 406. The number of aliphatic carboxylic acids is 1. The van der Waals surface area contributed by atoms with Gasteiger partial charge in [-0.15, -0.1) is 0 Å². The largest absolute Gasteiger partial charge is 0.481 e. The van der Waals surface area contributed by atoms with Gasteiger partial charge in [0, 0.05) is 19.4 Å². The number of hydrogen-bond acceptors (Lipinski definition) is 6. The van der Waals surface area contributed by atoms with Crippen LogP contribution in [-0.4, -0.2) is 68.4 Å². The summed E-state index contributed by atoms with van der Waals surface area (Å²) in [6, 6.07) is 0. The van der Waals surface area contributed by atoms with Crippen LogP contribution in [0.1, 0.15) is 77.6 Å². The number of amides is 1. The van der Waals surface area contributed by atoms with Gasteiger partial charge in [0.15, 0.2) is 0 Å². The molecule has 8 heteroatoms. The third kappa shape index (κ3) is 13.6. The van der Waals surface area contributed by atoms with Crippen LogP contribution >= 0.6 is 0 Å². The Morgan fingerprint density at radius 3 is 1.67 bits per heavy atom. The lowest BCUT2D eigenvalue weighted by atomic mass is 10.0. The molecule has 0 aliphatic heterocycles.